The van der Waals surface area contributed by atoms with Gasteiger partial charge in [0.25, 0.3) is 0 Å². The molecule has 0 aliphatic heterocycles. The number of hydrogen-bond acceptors (Lipinski definition) is 18. The van der Waals surface area contributed by atoms with Crippen molar-refractivity contribution in [2.75, 3.05) is 0 Å². The van der Waals surface area contributed by atoms with Gasteiger partial charge in [0.05, 0.1) is 0 Å². The highest BCUT2D eigenvalue weighted by molar-refractivity contribution is 5.32. The van der Waals surface area contributed by atoms with Gasteiger partial charge in [-0.05, 0) is 16.7 Å². The van der Waals surface area contributed by atoms with E-state index in [1.165, 1.54) is 0 Å². The van der Waals surface area contributed by atoms with Crippen molar-refractivity contribution < 1.29 is 44.3 Å². The van der Waals surface area contributed by atoms with Crippen LogP contribution in [0.1, 0.15) is 16.7 Å². The van der Waals surface area contributed by atoms with Gasteiger partial charge in [0.15, 0.2) is 63.6 Å². The van der Waals surface area contributed by atoms with Crippen molar-refractivity contribution >= 4 is 0 Å². The molecule has 1 aromatic carbocycles. The van der Waals surface area contributed by atoms with Crippen LogP contribution in [-0.4, -0.2) is 61.7 Å². The molecular weight excluding hydrogens is 558 g/mol. The standard InChI is InChI=1S/C12H9N9O18/c22-13(23)10(14(24)25,15(26)27)4-7-1-8(5-11(16(28)29,17(30)31)18(32)33)3-9(2-7)6-12(19(34)35,20(36)37)21(38)39/h1-3H,4-6H2. The minimum absolute atomic E-state index is 0.298. The molecule has 0 fully saturated rings. The predicted octanol–water partition coefficient (Wildman–Crippen LogP) is -1.23. The van der Waals surface area contributed by atoms with E-state index in [1.807, 2.05) is 0 Å². The van der Waals surface area contributed by atoms with E-state index < -0.39 is 97.6 Å². The average Bonchev–Trinajstić information content (AvgIpc) is 2.77. The normalized spacial score (nSPS) is 11.7. The number of benzene rings is 1. The van der Waals surface area contributed by atoms with Crippen LogP contribution in [0.4, 0.5) is 0 Å². The summed E-state index contributed by atoms with van der Waals surface area (Å²) in [6.45, 7) is 0. The molecule has 39 heavy (non-hydrogen) atoms. The van der Waals surface area contributed by atoms with Crippen molar-refractivity contribution in [3.05, 3.63) is 126 Å². The quantitative estimate of drug-likeness (QED) is 0.136. The molecule has 27 heteroatoms. The second kappa shape index (κ2) is 10.4. The first kappa shape index (κ1) is 30.9. The van der Waals surface area contributed by atoms with Crippen LogP contribution in [0.3, 0.4) is 0 Å². The maximum atomic E-state index is 11.3. The molecule has 0 N–H and O–H groups in total. The first-order valence-corrected chi connectivity index (χ1v) is 9.15. The van der Waals surface area contributed by atoms with Crippen LogP contribution in [0.15, 0.2) is 18.2 Å². The van der Waals surface area contributed by atoms with E-state index in [-0.39, 0.29) is 0 Å². The fourth-order valence-corrected chi connectivity index (χ4v) is 3.15. The van der Waals surface area contributed by atoms with Gasteiger partial charge in [-0.15, -0.1) is 0 Å². The van der Waals surface area contributed by atoms with Gasteiger partial charge in [-0.1, -0.05) is 18.2 Å². The van der Waals surface area contributed by atoms with Crippen LogP contribution in [0.25, 0.3) is 0 Å². The lowest BCUT2D eigenvalue weighted by atomic mass is 9.95. The molecule has 0 radical (unpaired) electrons. The van der Waals surface area contributed by atoms with E-state index in [1.54, 1.807) is 0 Å². The molecule has 0 aliphatic rings. The number of hydrogen-bond donors (Lipinski definition) is 0. The summed E-state index contributed by atoms with van der Waals surface area (Å²) >= 11 is 0. The zero-order valence-electron chi connectivity index (χ0n) is 18.2. The maximum absolute atomic E-state index is 11.3. The van der Waals surface area contributed by atoms with Crippen LogP contribution in [0.2, 0.25) is 0 Å². The summed E-state index contributed by atoms with van der Waals surface area (Å²) in [6, 6.07) is 0.893. The number of nitro groups is 9. The zero-order chi connectivity index (χ0) is 30.7. The van der Waals surface area contributed by atoms with E-state index in [0.717, 1.165) is 0 Å². The predicted molar refractivity (Wildman–Crippen MR) is 109 cm³/mol. The Labute approximate surface area is 207 Å². The molecule has 210 valence electrons. The SMILES string of the molecule is O=[N+]([O-])C(Cc1cc(CC([N+](=O)[O-])([N+](=O)[O-])[N+](=O)[O-])cc(CC([N+](=O)[O-])([N+](=O)[O-])[N+](=O)[O-])c1)([N+](=O)[O-])[N+](=O)[O-]. The topological polar surface area (TPSA) is 388 Å². The van der Waals surface area contributed by atoms with Crippen molar-refractivity contribution in [1.82, 2.24) is 0 Å². The van der Waals surface area contributed by atoms with Crippen LogP contribution in [0, 0.1) is 91.0 Å². The molecular formula is C12H9N9O18. The van der Waals surface area contributed by atoms with Crippen molar-refractivity contribution in [1.29, 1.82) is 0 Å². The van der Waals surface area contributed by atoms with Gasteiger partial charge in [-0.25, -0.2) is 0 Å². The minimum Gasteiger partial charge on any atom is -0.253 e. The third-order valence-electron chi connectivity index (χ3n) is 5.07. The maximum Gasteiger partial charge on any atom is 0.703 e. The van der Waals surface area contributed by atoms with Gasteiger partial charge in [0.1, 0.15) is 0 Å². The van der Waals surface area contributed by atoms with E-state index in [9.17, 15) is 91.0 Å². The number of rotatable bonds is 15. The summed E-state index contributed by atoms with van der Waals surface area (Å²) in [5.41, 5.74) is -3.25. The Bertz CT molecular complexity index is 1050. The monoisotopic (exact) mass is 567 g/mol. The van der Waals surface area contributed by atoms with E-state index in [0.29, 0.717) is 18.2 Å². The Hall–Kier alpha value is -6.18. The fraction of sp³-hybridized carbons (Fsp3) is 0.500. The molecule has 0 heterocycles. The molecule has 0 saturated carbocycles. The van der Waals surface area contributed by atoms with Gasteiger partial charge >= 0.3 is 17.4 Å². The Kier molecular flexibility index (Phi) is 8.25. The summed E-state index contributed by atoms with van der Waals surface area (Å²) in [6.07, 6.45) is -5.82. The van der Waals surface area contributed by atoms with E-state index in [4.69, 9.17) is 0 Å². The van der Waals surface area contributed by atoms with Gasteiger partial charge in [-0.2, -0.15) is 0 Å². The minimum atomic E-state index is -4.34. The fourth-order valence-electron chi connectivity index (χ4n) is 3.15. The summed E-state index contributed by atoms with van der Waals surface area (Å²) in [4.78, 5) is 83.1. The van der Waals surface area contributed by atoms with Crippen LogP contribution in [0.5, 0.6) is 0 Å². The Morgan fingerprint density at radius 3 is 0.590 bits per heavy atom. The molecule has 0 bridgehead atoms. The molecule has 0 atom stereocenters. The lowest BCUT2D eigenvalue weighted by molar-refractivity contribution is -0.969. The molecule has 0 aromatic heterocycles. The largest absolute Gasteiger partial charge is 0.703 e. The summed E-state index contributed by atoms with van der Waals surface area (Å²) in [7, 11) is 0. The van der Waals surface area contributed by atoms with Crippen molar-refractivity contribution in [2.24, 2.45) is 0 Å². The first-order valence-electron chi connectivity index (χ1n) is 9.15. The summed E-state index contributed by atoms with van der Waals surface area (Å²) in [5, 5.41) is 101. The lowest BCUT2D eigenvalue weighted by Gasteiger charge is -2.14. The van der Waals surface area contributed by atoms with Gasteiger partial charge in [0.2, 0.25) is 0 Å². The Morgan fingerprint density at radius 2 is 0.487 bits per heavy atom. The van der Waals surface area contributed by atoms with Crippen molar-refractivity contribution in [3.8, 4) is 0 Å². The molecule has 27 nitrogen and oxygen atoms in total. The van der Waals surface area contributed by atoms with Crippen LogP contribution >= 0.6 is 0 Å². The summed E-state index contributed by atoms with van der Waals surface area (Å²) < 4.78 is 0. The lowest BCUT2D eigenvalue weighted by Crippen LogP contribution is -2.56. The molecule has 1 aromatic rings. The van der Waals surface area contributed by atoms with Gasteiger partial charge in [0, 0.05) is 0 Å². The van der Waals surface area contributed by atoms with Crippen LogP contribution < -0.4 is 0 Å². The second-order valence-corrected chi connectivity index (χ2v) is 7.33. The smallest absolute Gasteiger partial charge is 0.253 e. The molecule has 0 aliphatic carbocycles. The highest BCUT2D eigenvalue weighted by Gasteiger charge is 2.72. The number of nitrogens with zero attached hydrogens (tertiary/aromatic N) is 9. The second-order valence-electron chi connectivity index (χ2n) is 7.33. The molecule has 0 saturated heterocycles. The van der Waals surface area contributed by atoms with Crippen LogP contribution in [-0.2, 0) is 19.3 Å². The zero-order valence-corrected chi connectivity index (χ0v) is 18.2. The Morgan fingerprint density at radius 1 is 0.359 bits per heavy atom. The van der Waals surface area contributed by atoms with Gasteiger partial charge in [-0.3, -0.25) is 91.0 Å². The molecule has 1 rings (SSSR count). The van der Waals surface area contributed by atoms with E-state index in [2.05, 4.69) is 0 Å². The van der Waals surface area contributed by atoms with Crippen molar-refractivity contribution in [3.63, 3.8) is 0 Å². The highest BCUT2D eigenvalue weighted by atomic mass is 16.8. The third-order valence-corrected chi connectivity index (χ3v) is 5.07. The van der Waals surface area contributed by atoms with Gasteiger partial charge < -0.3 is 0 Å². The molecule has 0 unspecified atom stereocenters. The first-order chi connectivity index (χ1) is 17.7. The highest BCUT2D eigenvalue weighted by Crippen LogP contribution is 2.28. The Balaban J connectivity index is 4.08. The average molecular weight is 567 g/mol. The summed E-state index contributed by atoms with van der Waals surface area (Å²) in [5.74, 6) is -13.0. The molecule has 0 spiro atoms. The molecule has 0 amide bonds. The van der Waals surface area contributed by atoms with E-state index >= 15 is 0 Å². The third kappa shape index (κ3) is 5.05. The van der Waals surface area contributed by atoms with Crippen molar-refractivity contribution in [2.45, 2.75) is 36.6 Å².